The van der Waals surface area contributed by atoms with Gasteiger partial charge in [-0.1, -0.05) is 30.3 Å². The number of morpholine rings is 1. The zero-order chi connectivity index (χ0) is 13.8. The summed E-state index contributed by atoms with van der Waals surface area (Å²) in [6.45, 7) is 1.84. The summed E-state index contributed by atoms with van der Waals surface area (Å²) in [5.74, 6) is 0. The summed E-state index contributed by atoms with van der Waals surface area (Å²) >= 11 is 0. The van der Waals surface area contributed by atoms with Gasteiger partial charge in [-0.3, -0.25) is 10.1 Å². The number of benzene rings is 1. The maximum absolute atomic E-state index is 11.0. The van der Waals surface area contributed by atoms with Crippen molar-refractivity contribution in [2.45, 2.75) is 31.2 Å². The largest absolute Gasteiger partial charge is 0.360 e. The predicted octanol–water partition coefficient (Wildman–Crippen LogP) is 0.949. The molecule has 6 heteroatoms. The first kappa shape index (κ1) is 13.6. The predicted molar refractivity (Wildman–Crippen MR) is 68.4 cm³/mol. The Labute approximate surface area is 110 Å². The first-order valence-electron chi connectivity index (χ1n) is 6.16. The molecule has 1 heterocycles. The number of hydrogen-bond donors (Lipinski definition) is 1. The van der Waals surface area contributed by atoms with Gasteiger partial charge in [-0.2, -0.15) is 0 Å². The Morgan fingerprint density at radius 1 is 1.47 bits per heavy atom. The molecule has 0 amide bonds. The van der Waals surface area contributed by atoms with Gasteiger partial charge in [0.25, 0.3) is 0 Å². The molecule has 0 aromatic heterocycles. The van der Waals surface area contributed by atoms with Gasteiger partial charge in [-0.05, 0) is 5.56 Å². The lowest BCUT2D eigenvalue weighted by Crippen LogP contribution is -2.55. The fourth-order valence-corrected chi connectivity index (χ4v) is 2.24. The summed E-state index contributed by atoms with van der Waals surface area (Å²) in [6, 6.07) is 8.00. The number of nitrogens with one attached hydrogen (secondary N) is 1. The minimum absolute atomic E-state index is 0.301. The maximum atomic E-state index is 11.0. The van der Waals surface area contributed by atoms with Gasteiger partial charge in [0.05, 0.1) is 0 Å². The van der Waals surface area contributed by atoms with Crippen molar-refractivity contribution in [3.8, 4) is 0 Å². The van der Waals surface area contributed by atoms with E-state index in [4.69, 9.17) is 4.74 Å². The smallest absolute Gasteiger partial charge is 0.228 e. The second-order valence-electron chi connectivity index (χ2n) is 4.60. The Kier molecular flexibility index (Phi) is 4.24. The highest BCUT2D eigenvalue weighted by Gasteiger charge is 2.40. The number of nitro groups is 1. The van der Waals surface area contributed by atoms with Crippen LogP contribution in [0.25, 0.3) is 0 Å². The van der Waals surface area contributed by atoms with Crippen LogP contribution in [0.5, 0.6) is 0 Å². The van der Waals surface area contributed by atoms with Crippen LogP contribution >= 0.6 is 0 Å². The van der Waals surface area contributed by atoms with Gasteiger partial charge in [0.15, 0.2) is 0 Å². The molecule has 1 unspecified atom stereocenters. The van der Waals surface area contributed by atoms with Gasteiger partial charge in [0.2, 0.25) is 6.04 Å². The number of carbonyl (C=O) groups is 1. The van der Waals surface area contributed by atoms with E-state index >= 15 is 0 Å². The molecule has 102 valence electrons. The minimum Gasteiger partial charge on any atom is -0.360 e. The molecule has 1 aliphatic heterocycles. The van der Waals surface area contributed by atoms with Gasteiger partial charge < -0.3 is 14.8 Å². The molecule has 1 aromatic rings. The van der Waals surface area contributed by atoms with Crippen molar-refractivity contribution >= 4 is 6.29 Å². The van der Waals surface area contributed by atoms with Crippen molar-refractivity contribution in [3.63, 3.8) is 0 Å². The van der Waals surface area contributed by atoms with Crippen LogP contribution < -0.4 is 5.32 Å². The number of carbonyl (C=O) groups excluding carboxylic acids is 1. The van der Waals surface area contributed by atoms with E-state index in [0.717, 1.165) is 11.8 Å². The van der Waals surface area contributed by atoms with E-state index in [1.54, 1.807) is 0 Å². The molecular formula is C13H16N2O4. The zero-order valence-electron chi connectivity index (χ0n) is 10.6. The van der Waals surface area contributed by atoms with Crippen LogP contribution in [0.4, 0.5) is 0 Å². The fraction of sp³-hybridized carbons (Fsp3) is 0.462. The van der Waals surface area contributed by atoms with Gasteiger partial charge in [-0.15, -0.1) is 0 Å². The van der Waals surface area contributed by atoms with Crippen molar-refractivity contribution < 1.29 is 14.5 Å². The Morgan fingerprint density at radius 3 is 2.74 bits per heavy atom. The molecular weight excluding hydrogens is 248 g/mol. The van der Waals surface area contributed by atoms with Crippen LogP contribution in [0.3, 0.4) is 0 Å². The molecule has 1 N–H and O–H groups in total. The van der Waals surface area contributed by atoms with E-state index in [-0.39, 0.29) is 4.92 Å². The van der Waals surface area contributed by atoms with Crippen molar-refractivity contribution in [1.82, 2.24) is 5.32 Å². The third kappa shape index (κ3) is 2.97. The zero-order valence-corrected chi connectivity index (χ0v) is 10.6. The first-order chi connectivity index (χ1) is 9.13. The second kappa shape index (κ2) is 5.90. The van der Waals surface area contributed by atoms with Crippen LogP contribution in [-0.4, -0.2) is 35.9 Å². The van der Waals surface area contributed by atoms with Crippen molar-refractivity contribution in [3.05, 3.63) is 46.0 Å². The fourth-order valence-electron chi connectivity index (χ4n) is 2.24. The van der Waals surface area contributed by atoms with E-state index in [9.17, 15) is 14.9 Å². The van der Waals surface area contributed by atoms with Crippen LogP contribution in [-0.2, 0) is 9.53 Å². The first-order valence-corrected chi connectivity index (χ1v) is 6.16. The SMILES string of the molecule is CC([C@H]1NC[C@H](C=O)O[C@H]1c1ccccc1)[N+](=O)[O-]. The Balaban J connectivity index is 2.26. The minimum atomic E-state index is -0.794. The van der Waals surface area contributed by atoms with Crippen LogP contribution in [0.2, 0.25) is 0 Å². The molecule has 0 bridgehead atoms. The number of aldehydes is 1. The monoisotopic (exact) mass is 264 g/mol. The summed E-state index contributed by atoms with van der Waals surface area (Å²) in [5.41, 5.74) is 0.834. The van der Waals surface area contributed by atoms with Crippen molar-refractivity contribution in [2.24, 2.45) is 0 Å². The molecule has 2 rings (SSSR count). The molecule has 1 fully saturated rings. The third-order valence-corrected chi connectivity index (χ3v) is 3.33. The second-order valence-corrected chi connectivity index (χ2v) is 4.60. The van der Waals surface area contributed by atoms with Gasteiger partial charge in [-0.25, -0.2) is 0 Å². The molecule has 1 aliphatic rings. The highest BCUT2D eigenvalue weighted by Crippen LogP contribution is 2.28. The van der Waals surface area contributed by atoms with Gasteiger partial charge in [0.1, 0.15) is 24.5 Å². The molecule has 19 heavy (non-hydrogen) atoms. The summed E-state index contributed by atoms with van der Waals surface area (Å²) in [6.07, 6.45) is -0.346. The standard InChI is InChI=1S/C13H16N2O4/c1-9(15(17)18)12-13(10-5-3-2-4-6-10)19-11(8-16)7-14-12/h2-6,8-9,11-14H,7H2,1H3/t9?,11-,12-,13+/m1/s1. The highest BCUT2D eigenvalue weighted by atomic mass is 16.6. The van der Waals surface area contributed by atoms with Crippen molar-refractivity contribution in [2.75, 3.05) is 6.54 Å². The van der Waals surface area contributed by atoms with E-state index in [0.29, 0.717) is 6.54 Å². The number of ether oxygens (including phenoxy) is 1. The summed E-state index contributed by atoms with van der Waals surface area (Å²) in [5, 5.41) is 14.0. The number of rotatable bonds is 4. The lowest BCUT2D eigenvalue weighted by atomic mass is 9.95. The van der Waals surface area contributed by atoms with Crippen molar-refractivity contribution in [1.29, 1.82) is 0 Å². The number of hydrogen-bond acceptors (Lipinski definition) is 5. The summed E-state index contributed by atoms with van der Waals surface area (Å²) in [4.78, 5) is 21.5. The van der Waals surface area contributed by atoms with Crippen LogP contribution in [0.1, 0.15) is 18.6 Å². The molecule has 0 aliphatic carbocycles. The van der Waals surface area contributed by atoms with E-state index in [2.05, 4.69) is 5.32 Å². The molecule has 1 aromatic carbocycles. The third-order valence-electron chi connectivity index (χ3n) is 3.33. The van der Waals surface area contributed by atoms with Crippen LogP contribution in [0.15, 0.2) is 30.3 Å². The Hall–Kier alpha value is -1.79. The normalized spacial score (nSPS) is 28.6. The molecule has 1 saturated heterocycles. The molecule has 0 radical (unpaired) electrons. The Morgan fingerprint density at radius 2 is 2.16 bits per heavy atom. The summed E-state index contributed by atoms with van der Waals surface area (Å²) < 4.78 is 5.67. The average Bonchev–Trinajstić information content (AvgIpc) is 2.46. The van der Waals surface area contributed by atoms with E-state index in [1.165, 1.54) is 6.92 Å². The molecule has 6 nitrogen and oxygen atoms in total. The quantitative estimate of drug-likeness (QED) is 0.497. The van der Waals surface area contributed by atoms with E-state index < -0.39 is 24.3 Å². The van der Waals surface area contributed by atoms with Gasteiger partial charge >= 0.3 is 0 Å². The van der Waals surface area contributed by atoms with Gasteiger partial charge in [0, 0.05) is 18.4 Å². The molecule has 0 spiro atoms. The lowest BCUT2D eigenvalue weighted by Gasteiger charge is -2.36. The topological polar surface area (TPSA) is 81.5 Å². The molecule has 4 atom stereocenters. The average molecular weight is 264 g/mol. The van der Waals surface area contributed by atoms with E-state index in [1.807, 2.05) is 30.3 Å². The summed E-state index contributed by atoms with van der Waals surface area (Å²) in [7, 11) is 0. The lowest BCUT2D eigenvalue weighted by molar-refractivity contribution is -0.525. The number of nitrogens with zero attached hydrogens (tertiary/aromatic N) is 1. The van der Waals surface area contributed by atoms with Crippen LogP contribution in [0, 0.1) is 10.1 Å². The molecule has 0 saturated carbocycles. The highest BCUT2D eigenvalue weighted by molar-refractivity contribution is 5.56. The maximum Gasteiger partial charge on any atom is 0.228 e. The Bertz CT molecular complexity index is 451.